The Labute approximate surface area is 108 Å². The van der Waals surface area contributed by atoms with Crippen LogP contribution in [-0.4, -0.2) is 28.5 Å². The van der Waals surface area contributed by atoms with Crippen molar-refractivity contribution in [2.45, 2.75) is 6.92 Å². The molecule has 0 aliphatic rings. The van der Waals surface area contributed by atoms with Crippen LogP contribution in [0.1, 0.15) is 17.3 Å². The van der Waals surface area contributed by atoms with Crippen LogP contribution in [-0.2, 0) is 4.79 Å². The van der Waals surface area contributed by atoms with Gasteiger partial charge in [0.25, 0.3) is 5.91 Å². The van der Waals surface area contributed by atoms with Crippen LogP contribution >= 0.6 is 23.2 Å². The summed E-state index contributed by atoms with van der Waals surface area (Å²) in [6.07, 6.45) is 0. The summed E-state index contributed by atoms with van der Waals surface area (Å²) in [5, 5.41) is 11.3. The van der Waals surface area contributed by atoms with Gasteiger partial charge in [0.15, 0.2) is 0 Å². The largest absolute Gasteiger partial charge is 0.481 e. The van der Waals surface area contributed by atoms with Gasteiger partial charge in [-0.25, -0.2) is 4.98 Å². The Bertz CT molecular complexity index is 451. The second-order valence-corrected chi connectivity index (χ2v) is 4.17. The number of carboxylic acid groups (broad SMARTS) is 1. The number of carboxylic acids is 1. The van der Waals surface area contributed by atoms with E-state index < -0.39 is 17.8 Å². The standard InChI is InChI=1S/C10H10Cl2N2O3/c1-5(10(16)17)4-13-9(15)6-2-3-7(11)14-8(6)12/h2-3,5H,4H2,1H3,(H,13,15)(H,16,17). The zero-order valence-electron chi connectivity index (χ0n) is 8.91. The van der Waals surface area contributed by atoms with Gasteiger partial charge in [-0.3, -0.25) is 9.59 Å². The van der Waals surface area contributed by atoms with Gasteiger partial charge in [-0.05, 0) is 12.1 Å². The Morgan fingerprint density at radius 2 is 2.12 bits per heavy atom. The molecule has 1 rings (SSSR count). The molecule has 7 heteroatoms. The molecule has 2 N–H and O–H groups in total. The number of hydrogen-bond acceptors (Lipinski definition) is 3. The lowest BCUT2D eigenvalue weighted by atomic mass is 10.2. The molecular weight excluding hydrogens is 267 g/mol. The number of aliphatic carboxylic acids is 1. The van der Waals surface area contributed by atoms with Crippen molar-refractivity contribution in [3.8, 4) is 0 Å². The average molecular weight is 277 g/mol. The van der Waals surface area contributed by atoms with E-state index in [-0.39, 0.29) is 22.4 Å². The van der Waals surface area contributed by atoms with E-state index in [2.05, 4.69) is 10.3 Å². The number of amides is 1. The monoisotopic (exact) mass is 276 g/mol. The van der Waals surface area contributed by atoms with Gasteiger partial charge in [-0.1, -0.05) is 30.1 Å². The molecule has 5 nitrogen and oxygen atoms in total. The molecule has 0 saturated carbocycles. The normalized spacial score (nSPS) is 11.9. The minimum Gasteiger partial charge on any atom is -0.481 e. The minimum atomic E-state index is -0.981. The van der Waals surface area contributed by atoms with Gasteiger partial charge in [0, 0.05) is 6.54 Å². The summed E-state index contributed by atoms with van der Waals surface area (Å²) in [5.41, 5.74) is 0.161. The fourth-order valence-electron chi connectivity index (χ4n) is 1.01. The van der Waals surface area contributed by atoms with Gasteiger partial charge in [0.1, 0.15) is 10.3 Å². The van der Waals surface area contributed by atoms with Crippen molar-refractivity contribution in [3.05, 3.63) is 28.0 Å². The molecular formula is C10H10Cl2N2O3. The highest BCUT2D eigenvalue weighted by Gasteiger charge is 2.15. The number of pyridine rings is 1. The number of carbonyl (C=O) groups is 2. The summed E-state index contributed by atoms with van der Waals surface area (Å²) >= 11 is 11.3. The molecule has 0 aromatic carbocycles. The van der Waals surface area contributed by atoms with E-state index in [1.165, 1.54) is 19.1 Å². The average Bonchev–Trinajstić information content (AvgIpc) is 2.25. The Morgan fingerprint density at radius 3 is 2.65 bits per heavy atom. The van der Waals surface area contributed by atoms with Crippen LogP contribution in [0.15, 0.2) is 12.1 Å². The van der Waals surface area contributed by atoms with Crippen molar-refractivity contribution >= 4 is 35.1 Å². The molecule has 1 unspecified atom stereocenters. The third-order valence-electron chi connectivity index (χ3n) is 2.05. The molecule has 1 aromatic heterocycles. The third kappa shape index (κ3) is 3.87. The van der Waals surface area contributed by atoms with Crippen LogP contribution in [0.2, 0.25) is 10.3 Å². The third-order valence-corrected chi connectivity index (χ3v) is 2.55. The van der Waals surface area contributed by atoms with Gasteiger partial charge in [-0.2, -0.15) is 0 Å². The van der Waals surface area contributed by atoms with Crippen molar-refractivity contribution in [2.75, 3.05) is 6.54 Å². The molecule has 0 aliphatic heterocycles. The first-order valence-electron chi connectivity index (χ1n) is 4.75. The smallest absolute Gasteiger partial charge is 0.308 e. The lowest BCUT2D eigenvalue weighted by Gasteiger charge is -2.09. The number of aromatic nitrogens is 1. The molecule has 0 spiro atoms. The van der Waals surface area contributed by atoms with Gasteiger partial charge < -0.3 is 10.4 Å². The topological polar surface area (TPSA) is 79.3 Å². The van der Waals surface area contributed by atoms with Crippen LogP contribution < -0.4 is 5.32 Å². The zero-order valence-corrected chi connectivity index (χ0v) is 10.4. The van der Waals surface area contributed by atoms with E-state index in [9.17, 15) is 9.59 Å². The maximum Gasteiger partial charge on any atom is 0.308 e. The Morgan fingerprint density at radius 1 is 1.47 bits per heavy atom. The predicted octanol–water partition coefficient (Wildman–Crippen LogP) is 1.84. The number of rotatable bonds is 4. The summed E-state index contributed by atoms with van der Waals surface area (Å²) in [5.74, 6) is -2.13. The Hall–Kier alpha value is -1.33. The maximum absolute atomic E-state index is 11.6. The molecule has 0 bridgehead atoms. The van der Waals surface area contributed by atoms with Crippen molar-refractivity contribution in [2.24, 2.45) is 5.92 Å². The van der Waals surface area contributed by atoms with E-state index in [1.54, 1.807) is 0 Å². The van der Waals surface area contributed by atoms with Crippen LogP contribution in [0.3, 0.4) is 0 Å². The Kier molecular flexibility index (Phi) is 4.72. The van der Waals surface area contributed by atoms with E-state index in [4.69, 9.17) is 28.3 Å². The molecule has 1 amide bonds. The summed E-state index contributed by atoms with van der Waals surface area (Å²) < 4.78 is 0. The number of nitrogens with zero attached hydrogens (tertiary/aromatic N) is 1. The minimum absolute atomic E-state index is 0.0158. The SMILES string of the molecule is CC(CNC(=O)c1ccc(Cl)nc1Cl)C(=O)O. The molecule has 0 saturated heterocycles. The molecule has 1 heterocycles. The van der Waals surface area contributed by atoms with Crippen molar-refractivity contribution in [1.29, 1.82) is 0 Å². The molecule has 17 heavy (non-hydrogen) atoms. The highest BCUT2D eigenvalue weighted by atomic mass is 35.5. The second kappa shape index (κ2) is 5.84. The quantitative estimate of drug-likeness (QED) is 0.823. The van der Waals surface area contributed by atoms with Gasteiger partial charge in [0.05, 0.1) is 11.5 Å². The molecule has 1 aromatic rings. The van der Waals surface area contributed by atoms with Crippen molar-refractivity contribution < 1.29 is 14.7 Å². The van der Waals surface area contributed by atoms with Crippen molar-refractivity contribution in [3.63, 3.8) is 0 Å². The lowest BCUT2D eigenvalue weighted by Crippen LogP contribution is -2.31. The summed E-state index contributed by atoms with van der Waals surface area (Å²) in [7, 11) is 0. The van der Waals surface area contributed by atoms with Crippen LogP contribution in [0.5, 0.6) is 0 Å². The summed E-state index contributed by atoms with van der Waals surface area (Å²) in [6, 6.07) is 2.86. The first-order chi connectivity index (χ1) is 7.91. The molecule has 0 aliphatic carbocycles. The van der Waals surface area contributed by atoms with E-state index >= 15 is 0 Å². The predicted molar refractivity (Wildman–Crippen MR) is 63.4 cm³/mol. The number of halogens is 2. The molecule has 0 radical (unpaired) electrons. The molecule has 1 atom stereocenters. The highest BCUT2D eigenvalue weighted by molar-refractivity contribution is 6.34. The number of hydrogen-bond donors (Lipinski definition) is 2. The summed E-state index contributed by atoms with van der Waals surface area (Å²) in [4.78, 5) is 25.9. The lowest BCUT2D eigenvalue weighted by molar-refractivity contribution is -0.140. The number of carbonyl (C=O) groups excluding carboxylic acids is 1. The highest BCUT2D eigenvalue weighted by Crippen LogP contribution is 2.16. The van der Waals surface area contributed by atoms with Crippen LogP contribution in [0.4, 0.5) is 0 Å². The van der Waals surface area contributed by atoms with E-state index in [0.717, 1.165) is 0 Å². The van der Waals surface area contributed by atoms with E-state index in [1.807, 2.05) is 0 Å². The maximum atomic E-state index is 11.6. The molecule has 0 fully saturated rings. The van der Waals surface area contributed by atoms with Gasteiger partial charge >= 0.3 is 5.97 Å². The zero-order chi connectivity index (χ0) is 13.0. The van der Waals surface area contributed by atoms with Gasteiger partial charge in [-0.15, -0.1) is 0 Å². The van der Waals surface area contributed by atoms with Gasteiger partial charge in [0.2, 0.25) is 0 Å². The first kappa shape index (κ1) is 13.7. The summed E-state index contributed by atoms with van der Waals surface area (Å²) in [6.45, 7) is 1.51. The van der Waals surface area contributed by atoms with Crippen molar-refractivity contribution in [1.82, 2.24) is 10.3 Å². The molecule has 92 valence electrons. The number of nitrogens with one attached hydrogen (secondary N) is 1. The first-order valence-corrected chi connectivity index (χ1v) is 5.50. The van der Waals surface area contributed by atoms with Crippen LogP contribution in [0, 0.1) is 5.92 Å². The fraction of sp³-hybridized carbons (Fsp3) is 0.300. The fourth-order valence-corrected chi connectivity index (χ4v) is 1.44. The van der Waals surface area contributed by atoms with E-state index in [0.29, 0.717) is 0 Å². The second-order valence-electron chi connectivity index (χ2n) is 3.42. The van der Waals surface area contributed by atoms with Crippen LogP contribution in [0.25, 0.3) is 0 Å². The Balaban J connectivity index is 2.67.